The summed E-state index contributed by atoms with van der Waals surface area (Å²) in [6.07, 6.45) is 3.72. The Morgan fingerprint density at radius 2 is 2.20 bits per heavy atom. The van der Waals surface area contributed by atoms with Gasteiger partial charge in [0.15, 0.2) is 0 Å². The normalized spacial score (nSPS) is 13.4. The molecular weight excluding hydrogens is 262 g/mol. The Hall–Kier alpha value is -2.63. The fourth-order valence-corrected chi connectivity index (χ4v) is 1.81. The molecule has 0 heterocycles. The molecule has 0 atom stereocenters. The minimum Gasteiger partial charge on any atom is -0.493 e. The number of hydrogen-bond acceptors (Lipinski definition) is 5. The second kappa shape index (κ2) is 6.01. The summed E-state index contributed by atoms with van der Waals surface area (Å²) in [6, 6.07) is 6.24. The lowest BCUT2D eigenvalue weighted by molar-refractivity contribution is -0.384. The zero-order valence-corrected chi connectivity index (χ0v) is 10.9. The van der Waals surface area contributed by atoms with Crippen LogP contribution in [0, 0.1) is 10.1 Å². The predicted molar refractivity (Wildman–Crippen MR) is 70.7 cm³/mol. The Kier molecular flexibility index (Phi) is 4.14. The Morgan fingerprint density at radius 3 is 2.90 bits per heavy atom. The zero-order chi connectivity index (χ0) is 14.5. The standard InChI is InChI=1S/C14H13NO5/c1-19-14(16)11-5-6-13(8-11)20-9-10-3-2-4-12(7-10)15(17)18/h2-7H,8-9H2,1H3. The first kappa shape index (κ1) is 13.8. The molecule has 0 spiro atoms. The fourth-order valence-electron chi connectivity index (χ4n) is 1.81. The van der Waals surface area contributed by atoms with Crippen LogP contribution >= 0.6 is 0 Å². The van der Waals surface area contributed by atoms with Gasteiger partial charge in [-0.3, -0.25) is 10.1 Å². The SMILES string of the molecule is COC(=O)C1=CC=C(OCc2cccc([N+](=O)[O-])c2)C1. The molecule has 1 aliphatic carbocycles. The third kappa shape index (κ3) is 3.23. The summed E-state index contributed by atoms with van der Waals surface area (Å²) in [5, 5.41) is 10.7. The molecule has 0 saturated heterocycles. The van der Waals surface area contributed by atoms with Crippen molar-refractivity contribution in [1.29, 1.82) is 0 Å². The summed E-state index contributed by atoms with van der Waals surface area (Å²) in [5.74, 6) is 0.257. The number of carbonyl (C=O) groups is 1. The third-order valence-electron chi connectivity index (χ3n) is 2.83. The minimum absolute atomic E-state index is 0.0277. The summed E-state index contributed by atoms with van der Waals surface area (Å²) in [7, 11) is 1.32. The van der Waals surface area contributed by atoms with Crippen molar-refractivity contribution in [3.8, 4) is 0 Å². The molecule has 1 aromatic carbocycles. The third-order valence-corrected chi connectivity index (χ3v) is 2.83. The van der Waals surface area contributed by atoms with Gasteiger partial charge in [0.05, 0.1) is 12.0 Å². The first-order chi connectivity index (χ1) is 9.60. The van der Waals surface area contributed by atoms with Crippen molar-refractivity contribution < 1.29 is 19.2 Å². The highest BCUT2D eigenvalue weighted by atomic mass is 16.6. The molecule has 1 aliphatic rings. The molecule has 104 valence electrons. The van der Waals surface area contributed by atoms with E-state index in [2.05, 4.69) is 4.74 Å². The van der Waals surface area contributed by atoms with E-state index >= 15 is 0 Å². The molecule has 1 aromatic rings. The second-order valence-electron chi connectivity index (χ2n) is 4.21. The topological polar surface area (TPSA) is 78.7 Å². The van der Waals surface area contributed by atoms with Gasteiger partial charge in [-0.15, -0.1) is 0 Å². The van der Waals surface area contributed by atoms with E-state index in [0.29, 0.717) is 23.3 Å². The number of non-ortho nitro benzene ring substituents is 1. The van der Waals surface area contributed by atoms with Crippen molar-refractivity contribution in [3.63, 3.8) is 0 Å². The molecular formula is C14H13NO5. The van der Waals surface area contributed by atoms with Crippen LogP contribution in [0.3, 0.4) is 0 Å². The number of esters is 1. The second-order valence-corrected chi connectivity index (χ2v) is 4.21. The maximum atomic E-state index is 11.3. The predicted octanol–water partition coefficient (Wildman–Crippen LogP) is 2.50. The number of benzene rings is 1. The minimum atomic E-state index is -0.449. The zero-order valence-electron chi connectivity index (χ0n) is 10.9. The van der Waals surface area contributed by atoms with Gasteiger partial charge in [0.1, 0.15) is 12.4 Å². The molecule has 0 unspecified atom stereocenters. The average Bonchev–Trinajstić information content (AvgIpc) is 2.93. The number of allylic oxidation sites excluding steroid dienone is 3. The van der Waals surface area contributed by atoms with Crippen LogP contribution in [-0.4, -0.2) is 18.0 Å². The number of rotatable bonds is 5. The van der Waals surface area contributed by atoms with E-state index in [1.165, 1.54) is 19.2 Å². The van der Waals surface area contributed by atoms with Crippen LogP contribution in [0.4, 0.5) is 5.69 Å². The molecule has 0 saturated carbocycles. The van der Waals surface area contributed by atoms with Gasteiger partial charge in [-0.2, -0.15) is 0 Å². The van der Waals surface area contributed by atoms with Gasteiger partial charge in [0, 0.05) is 24.1 Å². The summed E-state index contributed by atoms with van der Waals surface area (Å²) >= 11 is 0. The lowest BCUT2D eigenvalue weighted by Crippen LogP contribution is -2.04. The van der Waals surface area contributed by atoms with E-state index in [-0.39, 0.29) is 18.3 Å². The summed E-state index contributed by atoms with van der Waals surface area (Å²) in [4.78, 5) is 21.5. The molecule has 0 N–H and O–H groups in total. The van der Waals surface area contributed by atoms with Crippen LogP contribution < -0.4 is 0 Å². The molecule has 6 nitrogen and oxygen atoms in total. The molecule has 0 aliphatic heterocycles. The van der Waals surface area contributed by atoms with E-state index in [1.54, 1.807) is 24.3 Å². The maximum absolute atomic E-state index is 11.3. The Balaban J connectivity index is 1.90. The van der Waals surface area contributed by atoms with Gasteiger partial charge in [-0.1, -0.05) is 12.1 Å². The largest absolute Gasteiger partial charge is 0.493 e. The Morgan fingerprint density at radius 1 is 1.40 bits per heavy atom. The van der Waals surface area contributed by atoms with Gasteiger partial charge in [0.2, 0.25) is 0 Å². The highest BCUT2D eigenvalue weighted by Crippen LogP contribution is 2.22. The lowest BCUT2D eigenvalue weighted by Gasteiger charge is -2.08. The Labute approximate surface area is 115 Å². The molecule has 2 rings (SSSR count). The number of carbonyl (C=O) groups excluding carboxylic acids is 1. The van der Waals surface area contributed by atoms with Gasteiger partial charge >= 0.3 is 5.97 Å². The average molecular weight is 275 g/mol. The van der Waals surface area contributed by atoms with E-state index in [1.807, 2.05) is 0 Å². The van der Waals surface area contributed by atoms with E-state index < -0.39 is 4.92 Å². The number of hydrogen-bond donors (Lipinski definition) is 0. The number of nitro benzene ring substituents is 1. The highest BCUT2D eigenvalue weighted by Gasteiger charge is 2.17. The van der Waals surface area contributed by atoms with Crippen LogP contribution in [0.25, 0.3) is 0 Å². The monoisotopic (exact) mass is 275 g/mol. The Bertz CT molecular complexity index is 603. The van der Waals surface area contributed by atoms with Gasteiger partial charge in [-0.25, -0.2) is 4.79 Å². The number of ether oxygens (including phenoxy) is 2. The van der Waals surface area contributed by atoms with Crippen molar-refractivity contribution in [2.24, 2.45) is 0 Å². The van der Waals surface area contributed by atoms with Crippen LogP contribution in [0.5, 0.6) is 0 Å². The van der Waals surface area contributed by atoms with E-state index in [4.69, 9.17) is 4.74 Å². The van der Waals surface area contributed by atoms with Crippen LogP contribution in [0.15, 0.2) is 47.7 Å². The molecule has 0 amide bonds. The van der Waals surface area contributed by atoms with Gasteiger partial charge in [0.25, 0.3) is 5.69 Å². The molecule has 6 heteroatoms. The van der Waals surface area contributed by atoms with Crippen molar-refractivity contribution in [1.82, 2.24) is 0 Å². The van der Waals surface area contributed by atoms with Gasteiger partial charge in [-0.05, 0) is 17.7 Å². The lowest BCUT2D eigenvalue weighted by atomic mass is 10.2. The molecule has 0 fully saturated rings. The van der Waals surface area contributed by atoms with Gasteiger partial charge < -0.3 is 9.47 Å². The van der Waals surface area contributed by atoms with Crippen molar-refractivity contribution in [3.05, 3.63) is 63.4 Å². The first-order valence-electron chi connectivity index (χ1n) is 5.94. The van der Waals surface area contributed by atoms with E-state index in [0.717, 1.165) is 0 Å². The van der Waals surface area contributed by atoms with E-state index in [9.17, 15) is 14.9 Å². The summed E-state index contributed by atoms with van der Waals surface area (Å²) in [5.41, 5.74) is 1.26. The fraction of sp³-hybridized carbons (Fsp3) is 0.214. The first-order valence-corrected chi connectivity index (χ1v) is 5.94. The van der Waals surface area contributed by atoms with Crippen molar-refractivity contribution in [2.75, 3.05) is 7.11 Å². The van der Waals surface area contributed by atoms with Crippen molar-refractivity contribution >= 4 is 11.7 Å². The van der Waals surface area contributed by atoms with Crippen molar-refractivity contribution in [2.45, 2.75) is 13.0 Å². The van der Waals surface area contributed by atoms with Crippen LogP contribution in [0.1, 0.15) is 12.0 Å². The van der Waals surface area contributed by atoms with Crippen LogP contribution in [-0.2, 0) is 20.9 Å². The molecule has 20 heavy (non-hydrogen) atoms. The summed E-state index contributed by atoms with van der Waals surface area (Å²) < 4.78 is 10.1. The summed E-state index contributed by atoms with van der Waals surface area (Å²) in [6.45, 7) is 0.218. The molecule has 0 aromatic heterocycles. The highest BCUT2D eigenvalue weighted by molar-refractivity contribution is 5.90. The smallest absolute Gasteiger partial charge is 0.334 e. The maximum Gasteiger partial charge on any atom is 0.334 e. The molecule has 0 bridgehead atoms. The molecule has 0 radical (unpaired) electrons. The quantitative estimate of drug-likeness (QED) is 0.468. The van der Waals surface area contributed by atoms with Crippen LogP contribution in [0.2, 0.25) is 0 Å². The number of nitro groups is 1. The number of nitrogens with zero attached hydrogens (tertiary/aromatic N) is 1. The number of methoxy groups -OCH3 is 1.